The highest BCUT2D eigenvalue weighted by atomic mass is 16.5. The minimum absolute atomic E-state index is 0.0126. The van der Waals surface area contributed by atoms with E-state index < -0.39 is 0 Å². The zero-order chi connectivity index (χ0) is 22.1. The Balaban J connectivity index is 1.39. The smallest absolute Gasteiger partial charge is 0.253 e. The lowest BCUT2D eigenvalue weighted by Gasteiger charge is -2.36. The SMILES string of the molecule is CCOc1cc(CN2CCN(c3ncccc3C)CC2)cc2[nH]c(=O)c3c(c12)NCCC3. The molecule has 2 aliphatic heterocycles. The van der Waals surface area contributed by atoms with Crippen LogP contribution in [0.25, 0.3) is 10.9 Å². The maximum atomic E-state index is 12.7. The highest BCUT2D eigenvalue weighted by Crippen LogP contribution is 2.36. The number of aromatic amines is 1. The fourth-order valence-electron chi connectivity index (χ4n) is 4.95. The predicted molar refractivity (Wildman–Crippen MR) is 129 cm³/mol. The number of ether oxygens (including phenoxy) is 1. The van der Waals surface area contributed by atoms with E-state index in [1.807, 2.05) is 19.2 Å². The van der Waals surface area contributed by atoms with Gasteiger partial charge in [0.2, 0.25) is 0 Å². The molecule has 1 aromatic carbocycles. The van der Waals surface area contributed by atoms with Gasteiger partial charge in [0.25, 0.3) is 5.56 Å². The molecular formula is C25H31N5O2. The summed E-state index contributed by atoms with van der Waals surface area (Å²) in [5, 5.41) is 4.45. The summed E-state index contributed by atoms with van der Waals surface area (Å²) in [6, 6.07) is 8.37. The molecule has 5 rings (SSSR count). The Bertz CT molecular complexity index is 1180. The largest absolute Gasteiger partial charge is 0.493 e. The van der Waals surface area contributed by atoms with Gasteiger partial charge in [-0.2, -0.15) is 0 Å². The number of hydrogen-bond donors (Lipinski definition) is 2. The third-order valence-electron chi connectivity index (χ3n) is 6.50. The van der Waals surface area contributed by atoms with E-state index in [-0.39, 0.29) is 5.56 Å². The average molecular weight is 434 g/mol. The summed E-state index contributed by atoms with van der Waals surface area (Å²) in [7, 11) is 0. The number of piperazine rings is 1. The second-order valence-electron chi connectivity index (χ2n) is 8.69. The molecule has 4 heterocycles. The van der Waals surface area contributed by atoms with Crippen LogP contribution in [0.2, 0.25) is 0 Å². The van der Waals surface area contributed by atoms with Crippen molar-refractivity contribution >= 4 is 22.4 Å². The van der Waals surface area contributed by atoms with Crippen molar-refractivity contribution in [3.8, 4) is 5.75 Å². The van der Waals surface area contributed by atoms with Crippen LogP contribution in [-0.2, 0) is 13.0 Å². The van der Waals surface area contributed by atoms with E-state index in [4.69, 9.17) is 4.74 Å². The number of H-pyrrole nitrogens is 1. The summed E-state index contributed by atoms with van der Waals surface area (Å²) in [5.74, 6) is 1.94. The molecule has 2 N–H and O–H groups in total. The fourth-order valence-corrected chi connectivity index (χ4v) is 4.95. The standard InChI is InChI=1S/C25H31N5O2/c1-3-32-21-15-18(14-20-22(21)23-19(25(31)28-20)7-5-8-26-23)16-29-10-12-30(13-11-29)24-17(2)6-4-9-27-24/h4,6,9,14-15,26H,3,5,7-8,10-13,16H2,1-2H3,(H,28,31). The summed E-state index contributed by atoms with van der Waals surface area (Å²) in [6.45, 7) is 10.3. The molecule has 32 heavy (non-hydrogen) atoms. The van der Waals surface area contributed by atoms with Crippen LogP contribution in [0.5, 0.6) is 5.75 Å². The van der Waals surface area contributed by atoms with E-state index in [0.717, 1.165) is 91.4 Å². The molecule has 7 nitrogen and oxygen atoms in total. The number of anilines is 2. The Kier molecular flexibility index (Phi) is 5.74. The van der Waals surface area contributed by atoms with Crippen molar-refractivity contribution in [2.24, 2.45) is 0 Å². The number of aryl methyl sites for hydroxylation is 1. The van der Waals surface area contributed by atoms with Crippen molar-refractivity contribution in [3.63, 3.8) is 0 Å². The predicted octanol–water partition coefficient (Wildman–Crippen LogP) is 3.31. The first-order valence-electron chi connectivity index (χ1n) is 11.6. The summed E-state index contributed by atoms with van der Waals surface area (Å²) in [4.78, 5) is 25.2. The van der Waals surface area contributed by atoms with Crippen LogP contribution in [0.1, 0.15) is 30.0 Å². The van der Waals surface area contributed by atoms with Crippen LogP contribution in [-0.4, -0.2) is 54.2 Å². The van der Waals surface area contributed by atoms with Gasteiger partial charge in [-0.05, 0) is 56.0 Å². The van der Waals surface area contributed by atoms with Gasteiger partial charge in [-0.15, -0.1) is 0 Å². The Morgan fingerprint density at radius 2 is 2.03 bits per heavy atom. The van der Waals surface area contributed by atoms with Crippen LogP contribution in [0.15, 0.2) is 35.3 Å². The maximum Gasteiger partial charge on any atom is 0.253 e. The molecule has 3 aromatic rings. The molecule has 0 bridgehead atoms. The van der Waals surface area contributed by atoms with Gasteiger partial charge in [0, 0.05) is 51.0 Å². The average Bonchev–Trinajstić information content (AvgIpc) is 2.80. The summed E-state index contributed by atoms with van der Waals surface area (Å²) >= 11 is 0. The molecule has 0 saturated carbocycles. The quantitative estimate of drug-likeness (QED) is 0.643. The van der Waals surface area contributed by atoms with Gasteiger partial charge in [-0.25, -0.2) is 4.98 Å². The first-order valence-corrected chi connectivity index (χ1v) is 11.6. The molecule has 0 aliphatic carbocycles. The van der Waals surface area contributed by atoms with Crippen LogP contribution in [0, 0.1) is 6.92 Å². The van der Waals surface area contributed by atoms with Crippen LogP contribution in [0.4, 0.5) is 11.5 Å². The third kappa shape index (κ3) is 3.93. The van der Waals surface area contributed by atoms with E-state index in [1.165, 1.54) is 5.56 Å². The van der Waals surface area contributed by atoms with Crippen LogP contribution >= 0.6 is 0 Å². The number of fused-ring (bicyclic) bond motifs is 3. The van der Waals surface area contributed by atoms with Crippen molar-refractivity contribution in [1.29, 1.82) is 0 Å². The molecule has 168 valence electrons. The van der Waals surface area contributed by atoms with Gasteiger partial charge >= 0.3 is 0 Å². The van der Waals surface area contributed by atoms with Crippen molar-refractivity contribution in [2.75, 3.05) is 49.5 Å². The second kappa shape index (κ2) is 8.82. The van der Waals surface area contributed by atoms with Crippen molar-refractivity contribution in [3.05, 3.63) is 57.5 Å². The molecule has 0 radical (unpaired) electrons. The molecule has 0 spiro atoms. The molecule has 0 amide bonds. The summed E-state index contributed by atoms with van der Waals surface area (Å²) in [5.41, 5.74) is 5.04. The summed E-state index contributed by atoms with van der Waals surface area (Å²) < 4.78 is 6.05. The van der Waals surface area contributed by atoms with Gasteiger partial charge in [0.05, 0.1) is 23.2 Å². The highest BCUT2D eigenvalue weighted by molar-refractivity contribution is 5.98. The van der Waals surface area contributed by atoms with E-state index in [0.29, 0.717) is 6.61 Å². The first-order chi connectivity index (χ1) is 15.6. The molecule has 2 aliphatic rings. The van der Waals surface area contributed by atoms with E-state index >= 15 is 0 Å². The topological polar surface area (TPSA) is 73.5 Å². The highest BCUT2D eigenvalue weighted by Gasteiger charge is 2.22. The second-order valence-corrected chi connectivity index (χ2v) is 8.69. The van der Waals surface area contributed by atoms with Gasteiger partial charge in [0.15, 0.2) is 0 Å². The number of aromatic nitrogens is 2. The maximum absolute atomic E-state index is 12.7. The van der Waals surface area contributed by atoms with Crippen molar-refractivity contribution in [2.45, 2.75) is 33.2 Å². The lowest BCUT2D eigenvalue weighted by molar-refractivity contribution is 0.249. The monoisotopic (exact) mass is 433 g/mol. The van der Waals surface area contributed by atoms with Crippen molar-refractivity contribution < 1.29 is 4.74 Å². The first kappa shape index (κ1) is 20.8. The number of benzene rings is 1. The molecule has 1 fully saturated rings. The molecule has 1 saturated heterocycles. The number of nitrogens with zero attached hydrogens (tertiary/aromatic N) is 3. The number of pyridine rings is 2. The number of nitrogens with one attached hydrogen (secondary N) is 2. The zero-order valence-electron chi connectivity index (χ0n) is 18.9. The fraction of sp³-hybridized carbons (Fsp3) is 0.440. The molecule has 0 unspecified atom stereocenters. The molecule has 2 aromatic heterocycles. The Labute approximate surface area is 188 Å². The lowest BCUT2D eigenvalue weighted by atomic mass is 9.99. The van der Waals surface area contributed by atoms with E-state index in [2.05, 4.69) is 50.2 Å². The minimum atomic E-state index is 0.0126. The normalized spacial score (nSPS) is 16.6. The third-order valence-corrected chi connectivity index (χ3v) is 6.50. The Morgan fingerprint density at radius 1 is 1.19 bits per heavy atom. The van der Waals surface area contributed by atoms with Gasteiger partial charge in [-0.1, -0.05) is 6.07 Å². The zero-order valence-corrected chi connectivity index (χ0v) is 18.9. The van der Waals surface area contributed by atoms with Gasteiger partial charge in [-0.3, -0.25) is 9.69 Å². The molecule has 7 heteroatoms. The Morgan fingerprint density at radius 3 is 2.81 bits per heavy atom. The van der Waals surface area contributed by atoms with Crippen LogP contribution in [0.3, 0.4) is 0 Å². The Hall–Kier alpha value is -3.06. The summed E-state index contributed by atoms with van der Waals surface area (Å²) in [6.07, 6.45) is 3.65. The van der Waals surface area contributed by atoms with Crippen molar-refractivity contribution in [1.82, 2.24) is 14.9 Å². The van der Waals surface area contributed by atoms with E-state index in [9.17, 15) is 4.79 Å². The molecule has 0 atom stereocenters. The number of rotatable bonds is 5. The number of hydrogen-bond acceptors (Lipinski definition) is 6. The van der Waals surface area contributed by atoms with Crippen LogP contribution < -0.4 is 20.5 Å². The van der Waals surface area contributed by atoms with Gasteiger partial charge < -0.3 is 19.9 Å². The lowest BCUT2D eigenvalue weighted by Crippen LogP contribution is -2.46. The molecular weight excluding hydrogens is 402 g/mol. The van der Waals surface area contributed by atoms with E-state index in [1.54, 1.807) is 0 Å². The minimum Gasteiger partial charge on any atom is -0.493 e. The van der Waals surface area contributed by atoms with Gasteiger partial charge in [0.1, 0.15) is 11.6 Å².